The third kappa shape index (κ3) is 3.97. The van der Waals surface area contributed by atoms with E-state index in [0.29, 0.717) is 11.3 Å². The summed E-state index contributed by atoms with van der Waals surface area (Å²) in [6, 6.07) is 9.66. The van der Waals surface area contributed by atoms with Gasteiger partial charge in [-0.1, -0.05) is 18.2 Å². The van der Waals surface area contributed by atoms with Gasteiger partial charge in [0.05, 0.1) is 15.5 Å². The quantitative estimate of drug-likeness (QED) is 0.434. The molecule has 0 saturated carbocycles. The number of carbonyl (C=O) groups excluding carboxylic acids is 1. The number of hydrogen-bond donors (Lipinski definition) is 0. The minimum atomic E-state index is -4.22. The molecule has 0 heterocycles. The lowest BCUT2D eigenvalue weighted by Crippen LogP contribution is -2.35. The maximum atomic E-state index is 13.0. The van der Waals surface area contributed by atoms with Crippen LogP contribution in [0.4, 0.5) is 11.4 Å². The molecule has 0 saturated heterocycles. The second kappa shape index (κ2) is 7.20. The number of non-ortho nitro benzene ring substituents is 1. The fraction of sp³-hybridized carbons (Fsp3) is 0.188. The molecular formula is C16H15ClN2O5S. The van der Waals surface area contributed by atoms with Crippen molar-refractivity contribution >= 4 is 38.2 Å². The number of sulfonamides is 1. The largest absolute Gasteiger partial charge is 0.279 e. The normalized spacial score (nSPS) is 11.2. The summed E-state index contributed by atoms with van der Waals surface area (Å²) in [7, 11) is -4.22. The molecule has 2 aromatic carbocycles. The Labute approximate surface area is 150 Å². The molecule has 0 amide bonds. The maximum Gasteiger partial charge on any atom is 0.270 e. The van der Waals surface area contributed by atoms with E-state index >= 15 is 0 Å². The van der Waals surface area contributed by atoms with Crippen molar-refractivity contribution in [3.63, 3.8) is 0 Å². The maximum absolute atomic E-state index is 13.0. The van der Waals surface area contributed by atoms with Gasteiger partial charge in [-0.15, -0.1) is 0 Å². The van der Waals surface area contributed by atoms with Gasteiger partial charge in [-0.05, 0) is 48.7 Å². The Hall–Kier alpha value is -2.45. The lowest BCUT2D eigenvalue weighted by Gasteiger charge is -2.25. The number of rotatable bonds is 6. The van der Waals surface area contributed by atoms with E-state index in [9.17, 15) is 23.3 Å². The predicted molar refractivity (Wildman–Crippen MR) is 94.4 cm³/mol. The summed E-state index contributed by atoms with van der Waals surface area (Å²) in [5.41, 5.74) is 1.42. The first-order valence-corrected chi connectivity index (χ1v) is 8.98. The molecule has 0 radical (unpaired) electrons. The van der Waals surface area contributed by atoms with Gasteiger partial charge in [0.15, 0.2) is 0 Å². The van der Waals surface area contributed by atoms with Crippen LogP contribution in [0.15, 0.2) is 47.4 Å². The van der Waals surface area contributed by atoms with Crippen molar-refractivity contribution in [3.05, 3.63) is 63.7 Å². The van der Waals surface area contributed by atoms with Crippen LogP contribution >= 0.6 is 11.6 Å². The number of anilines is 1. The number of nitro groups is 1. The van der Waals surface area contributed by atoms with Gasteiger partial charge in [-0.25, -0.2) is 8.42 Å². The first-order valence-electron chi connectivity index (χ1n) is 7.16. The Morgan fingerprint density at radius 3 is 2.44 bits per heavy atom. The minimum absolute atomic E-state index is 0.291. The van der Waals surface area contributed by atoms with Crippen LogP contribution in [0, 0.1) is 24.0 Å². The molecule has 7 nitrogen and oxygen atoms in total. The molecule has 0 fully saturated rings. The van der Waals surface area contributed by atoms with E-state index in [-0.39, 0.29) is 10.6 Å². The SMILES string of the molecule is Cc1cccc(N(CC(=O)Cl)S(=O)(=O)c2cccc([N+](=O)[O-])c2)c1C. The van der Waals surface area contributed by atoms with E-state index < -0.39 is 26.7 Å². The molecule has 0 aliphatic rings. The number of nitro benzene ring substituents is 1. The summed E-state index contributed by atoms with van der Waals surface area (Å²) in [5.74, 6) is 0. The van der Waals surface area contributed by atoms with Crippen LogP contribution in [0.2, 0.25) is 0 Å². The van der Waals surface area contributed by atoms with E-state index in [1.807, 2.05) is 0 Å². The number of benzene rings is 2. The summed E-state index contributed by atoms with van der Waals surface area (Å²) in [4.78, 5) is 21.4. The van der Waals surface area contributed by atoms with Crippen molar-refractivity contribution in [2.45, 2.75) is 18.7 Å². The summed E-state index contributed by atoms with van der Waals surface area (Å²) in [6.07, 6.45) is 0. The smallest absolute Gasteiger partial charge is 0.270 e. The summed E-state index contributed by atoms with van der Waals surface area (Å²) >= 11 is 5.44. The van der Waals surface area contributed by atoms with Crippen LogP contribution in [0.25, 0.3) is 0 Å². The number of halogens is 1. The topological polar surface area (TPSA) is 97.6 Å². The summed E-state index contributed by atoms with van der Waals surface area (Å²) < 4.78 is 26.9. The Morgan fingerprint density at radius 2 is 1.84 bits per heavy atom. The van der Waals surface area contributed by atoms with E-state index in [2.05, 4.69) is 0 Å². The van der Waals surface area contributed by atoms with Gasteiger partial charge in [0.1, 0.15) is 6.54 Å². The van der Waals surface area contributed by atoms with Crippen molar-refractivity contribution in [1.29, 1.82) is 0 Å². The summed E-state index contributed by atoms with van der Waals surface area (Å²) in [5, 5.41) is 10.1. The Kier molecular flexibility index (Phi) is 5.44. The third-order valence-corrected chi connectivity index (χ3v) is 5.60. The first-order chi connectivity index (χ1) is 11.6. The second-order valence-corrected chi connectivity index (χ2v) is 7.62. The number of hydrogen-bond acceptors (Lipinski definition) is 5. The van der Waals surface area contributed by atoms with Crippen molar-refractivity contribution in [1.82, 2.24) is 0 Å². The van der Waals surface area contributed by atoms with E-state index in [0.717, 1.165) is 15.9 Å². The van der Waals surface area contributed by atoms with Crippen molar-refractivity contribution in [3.8, 4) is 0 Å². The molecule has 9 heteroatoms. The minimum Gasteiger partial charge on any atom is -0.279 e. The summed E-state index contributed by atoms with van der Waals surface area (Å²) in [6.45, 7) is 2.94. The zero-order valence-corrected chi connectivity index (χ0v) is 15.0. The van der Waals surface area contributed by atoms with Crippen molar-refractivity contribution in [2.75, 3.05) is 10.8 Å². The van der Waals surface area contributed by atoms with E-state index in [1.54, 1.807) is 32.0 Å². The van der Waals surface area contributed by atoms with Gasteiger partial charge in [0.25, 0.3) is 15.7 Å². The standard InChI is InChI=1S/C16H15ClN2O5S/c1-11-5-3-8-15(12(11)2)18(10-16(17)20)25(23,24)14-7-4-6-13(9-14)19(21)22/h3-9H,10H2,1-2H3. The van der Waals surface area contributed by atoms with Gasteiger partial charge in [0.2, 0.25) is 5.24 Å². The number of carbonyl (C=O) groups is 1. The lowest BCUT2D eigenvalue weighted by atomic mass is 10.1. The Balaban J connectivity index is 2.64. The third-order valence-electron chi connectivity index (χ3n) is 3.73. The molecule has 0 bridgehead atoms. The van der Waals surface area contributed by atoms with E-state index in [1.165, 1.54) is 18.2 Å². The van der Waals surface area contributed by atoms with Crippen LogP contribution < -0.4 is 4.31 Å². The zero-order valence-electron chi connectivity index (χ0n) is 13.5. The van der Waals surface area contributed by atoms with Gasteiger partial charge < -0.3 is 0 Å². The lowest BCUT2D eigenvalue weighted by molar-refractivity contribution is -0.385. The van der Waals surface area contributed by atoms with E-state index in [4.69, 9.17) is 11.6 Å². The molecule has 0 aromatic heterocycles. The van der Waals surface area contributed by atoms with Gasteiger partial charge in [-0.3, -0.25) is 19.2 Å². The molecule has 0 atom stereocenters. The van der Waals surface area contributed by atoms with Gasteiger partial charge in [0, 0.05) is 12.1 Å². The highest BCUT2D eigenvalue weighted by Crippen LogP contribution is 2.29. The Bertz CT molecular complexity index is 943. The molecule has 0 unspecified atom stereocenters. The first kappa shape index (κ1) is 18.9. The molecule has 0 spiro atoms. The van der Waals surface area contributed by atoms with Crippen LogP contribution in [0.3, 0.4) is 0 Å². The average Bonchev–Trinajstić information content (AvgIpc) is 2.55. The highest BCUT2D eigenvalue weighted by Gasteiger charge is 2.29. The van der Waals surface area contributed by atoms with Gasteiger partial charge in [-0.2, -0.15) is 0 Å². The molecule has 0 N–H and O–H groups in total. The van der Waals surface area contributed by atoms with Crippen LogP contribution in [0.5, 0.6) is 0 Å². The molecule has 2 aromatic rings. The van der Waals surface area contributed by atoms with Crippen molar-refractivity contribution in [2.24, 2.45) is 0 Å². The number of aryl methyl sites for hydroxylation is 1. The number of nitrogens with zero attached hydrogens (tertiary/aromatic N) is 2. The predicted octanol–water partition coefficient (Wildman–Crippen LogP) is 3.17. The fourth-order valence-corrected chi connectivity index (χ4v) is 4.01. The molecule has 25 heavy (non-hydrogen) atoms. The van der Waals surface area contributed by atoms with Gasteiger partial charge >= 0.3 is 0 Å². The highest BCUT2D eigenvalue weighted by atomic mass is 35.5. The Morgan fingerprint density at radius 1 is 1.20 bits per heavy atom. The fourth-order valence-electron chi connectivity index (χ4n) is 2.30. The average molecular weight is 383 g/mol. The van der Waals surface area contributed by atoms with Crippen LogP contribution in [0.1, 0.15) is 11.1 Å². The zero-order chi connectivity index (χ0) is 18.8. The highest BCUT2D eigenvalue weighted by molar-refractivity contribution is 7.92. The molecular weight excluding hydrogens is 368 g/mol. The van der Waals surface area contributed by atoms with Crippen LogP contribution in [-0.2, 0) is 14.8 Å². The van der Waals surface area contributed by atoms with Crippen LogP contribution in [-0.4, -0.2) is 25.1 Å². The monoisotopic (exact) mass is 382 g/mol. The molecule has 0 aliphatic heterocycles. The van der Waals surface area contributed by atoms with Crippen molar-refractivity contribution < 1.29 is 18.1 Å². The second-order valence-electron chi connectivity index (χ2n) is 5.34. The molecule has 2 rings (SSSR count). The molecule has 132 valence electrons. The molecule has 0 aliphatic carbocycles.